The third kappa shape index (κ3) is 4.19. The van der Waals surface area contributed by atoms with E-state index < -0.39 is 11.9 Å². The summed E-state index contributed by atoms with van der Waals surface area (Å²) >= 11 is 0. The zero-order valence-corrected chi connectivity index (χ0v) is 18.3. The average molecular weight is 405 g/mol. The van der Waals surface area contributed by atoms with Crippen LogP contribution in [-0.2, 0) is 14.3 Å². The zero-order chi connectivity index (χ0) is 21.6. The number of amides is 1. The summed E-state index contributed by atoms with van der Waals surface area (Å²) in [5.74, 6) is -1.27. The van der Waals surface area contributed by atoms with Crippen molar-refractivity contribution in [3.63, 3.8) is 0 Å². The molecule has 1 saturated carbocycles. The Hall–Kier alpha value is -2.31. The van der Waals surface area contributed by atoms with E-state index in [9.17, 15) is 14.4 Å². The highest BCUT2D eigenvalue weighted by atomic mass is 16.5. The molecule has 2 aliphatic rings. The van der Waals surface area contributed by atoms with Gasteiger partial charge in [-0.2, -0.15) is 0 Å². The highest BCUT2D eigenvalue weighted by Gasteiger charge is 2.51. The van der Waals surface area contributed by atoms with Crippen LogP contribution in [0.3, 0.4) is 0 Å². The molecule has 1 amide bonds. The third-order valence-corrected chi connectivity index (χ3v) is 6.18. The van der Waals surface area contributed by atoms with E-state index in [2.05, 4.69) is 25.8 Å². The van der Waals surface area contributed by atoms with Gasteiger partial charge in [0.1, 0.15) is 5.69 Å². The van der Waals surface area contributed by atoms with Gasteiger partial charge < -0.3 is 19.4 Å². The van der Waals surface area contributed by atoms with Crippen LogP contribution in [0.4, 0.5) is 0 Å². The summed E-state index contributed by atoms with van der Waals surface area (Å²) in [4.78, 5) is 42.2. The van der Waals surface area contributed by atoms with Crippen LogP contribution in [0.15, 0.2) is 0 Å². The van der Waals surface area contributed by atoms with E-state index in [0.29, 0.717) is 23.4 Å². The van der Waals surface area contributed by atoms with Crippen molar-refractivity contribution in [3.05, 3.63) is 22.5 Å². The lowest BCUT2D eigenvalue weighted by molar-refractivity contribution is -0.135. The van der Waals surface area contributed by atoms with Crippen LogP contribution in [0.2, 0.25) is 0 Å². The standard InChI is InChI=1S/C22H32N2O5/c1-7-28-19(26)17-13(2)18(23-14(17)3)20(27)29-10-16(25)24-12-22(6)9-15(24)8-21(4,5)11-22/h15,23H,7-12H2,1-6H3/t15-,22-/m1/s1. The second kappa shape index (κ2) is 7.50. The van der Waals surface area contributed by atoms with Crippen LogP contribution >= 0.6 is 0 Å². The molecule has 1 aromatic heterocycles. The van der Waals surface area contributed by atoms with E-state index in [-0.39, 0.29) is 41.7 Å². The van der Waals surface area contributed by atoms with Gasteiger partial charge in [-0.25, -0.2) is 9.59 Å². The van der Waals surface area contributed by atoms with Crippen LogP contribution in [0.1, 0.15) is 79.1 Å². The number of H-pyrrole nitrogens is 1. The number of nitrogens with one attached hydrogen (secondary N) is 1. The Morgan fingerprint density at radius 1 is 1.10 bits per heavy atom. The number of aromatic amines is 1. The summed E-state index contributed by atoms with van der Waals surface area (Å²) in [5, 5.41) is 0. The van der Waals surface area contributed by atoms with Crippen molar-refractivity contribution < 1.29 is 23.9 Å². The Labute approximate surface area is 172 Å². The molecule has 7 heteroatoms. The fraction of sp³-hybridized carbons (Fsp3) is 0.682. The molecule has 1 aromatic rings. The Morgan fingerprint density at radius 2 is 1.79 bits per heavy atom. The molecule has 2 atom stereocenters. The van der Waals surface area contributed by atoms with Gasteiger partial charge in [-0.1, -0.05) is 20.8 Å². The van der Waals surface area contributed by atoms with E-state index in [1.807, 2.05) is 4.90 Å². The molecule has 2 heterocycles. The topological polar surface area (TPSA) is 88.7 Å². The van der Waals surface area contributed by atoms with Crippen molar-refractivity contribution in [2.24, 2.45) is 10.8 Å². The average Bonchev–Trinajstić information content (AvgIpc) is 3.04. The third-order valence-electron chi connectivity index (χ3n) is 6.18. The molecule has 7 nitrogen and oxygen atoms in total. The Kier molecular flexibility index (Phi) is 5.54. The van der Waals surface area contributed by atoms with E-state index in [0.717, 1.165) is 19.3 Å². The number of fused-ring (bicyclic) bond motifs is 2. The summed E-state index contributed by atoms with van der Waals surface area (Å²) in [7, 11) is 0. The summed E-state index contributed by atoms with van der Waals surface area (Å²) in [6.45, 7) is 12.5. The summed E-state index contributed by atoms with van der Waals surface area (Å²) in [6, 6.07) is 0.208. The summed E-state index contributed by atoms with van der Waals surface area (Å²) in [5.41, 5.74) is 1.90. The Bertz CT molecular complexity index is 841. The molecule has 29 heavy (non-hydrogen) atoms. The predicted molar refractivity (Wildman–Crippen MR) is 108 cm³/mol. The van der Waals surface area contributed by atoms with E-state index >= 15 is 0 Å². The van der Waals surface area contributed by atoms with E-state index in [1.54, 1.807) is 20.8 Å². The number of nitrogens with zero attached hydrogens (tertiary/aromatic N) is 1. The largest absolute Gasteiger partial charge is 0.462 e. The van der Waals surface area contributed by atoms with Crippen molar-refractivity contribution >= 4 is 17.8 Å². The molecular weight excluding hydrogens is 372 g/mol. The fourth-order valence-corrected chi connectivity index (χ4v) is 5.50. The molecule has 0 radical (unpaired) electrons. The number of esters is 2. The lowest BCUT2D eigenvalue weighted by Crippen LogP contribution is -2.39. The molecule has 0 spiro atoms. The van der Waals surface area contributed by atoms with Gasteiger partial charge in [0.05, 0.1) is 12.2 Å². The molecular formula is C22H32N2O5. The van der Waals surface area contributed by atoms with Crippen molar-refractivity contribution in [1.29, 1.82) is 0 Å². The maximum Gasteiger partial charge on any atom is 0.355 e. The highest BCUT2D eigenvalue weighted by Crippen LogP contribution is 2.52. The first kappa shape index (κ1) is 21.4. The first-order chi connectivity index (χ1) is 13.5. The van der Waals surface area contributed by atoms with Gasteiger partial charge in [0.2, 0.25) is 0 Å². The number of hydrogen-bond donors (Lipinski definition) is 1. The van der Waals surface area contributed by atoms with Crippen molar-refractivity contribution in [2.75, 3.05) is 19.8 Å². The maximum atomic E-state index is 12.8. The molecule has 0 aromatic carbocycles. The minimum absolute atomic E-state index is 0.133. The van der Waals surface area contributed by atoms with Gasteiger partial charge in [-0.05, 0) is 56.4 Å². The number of aryl methyl sites for hydroxylation is 1. The lowest BCUT2D eigenvalue weighted by Gasteiger charge is -2.39. The van der Waals surface area contributed by atoms with Gasteiger partial charge in [0.25, 0.3) is 5.91 Å². The molecule has 2 fully saturated rings. The second-order valence-electron chi connectivity index (χ2n) is 9.66. The molecule has 0 unspecified atom stereocenters. The molecule has 1 N–H and O–H groups in total. The molecule has 2 bridgehead atoms. The minimum atomic E-state index is -0.636. The number of rotatable bonds is 5. The van der Waals surface area contributed by atoms with Crippen LogP contribution in [0, 0.1) is 24.7 Å². The van der Waals surface area contributed by atoms with Crippen LogP contribution in [0.5, 0.6) is 0 Å². The quantitative estimate of drug-likeness (QED) is 0.760. The number of aromatic nitrogens is 1. The number of carbonyl (C=O) groups is 3. The van der Waals surface area contributed by atoms with Crippen LogP contribution < -0.4 is 0 Å². The normalized spacial score (nSPS) is 25.0. The van der Waals surface area contributed by atoms with E-state index in [1.165, 1.54) is 0 Å². The Morgan fingerprint density at radius 3 is 2.45 bits per heavy atom. The number of carbonyl (C=O) groups excluding carboxylic acids is 3. The Balaban J connectivity index is 1.65. The fourth-order valence-electron chi connectivity index (χ4n) is 5.50. The number of likely N-dealkylation sites (tertiary alicyclic amines) is 1. The van der Waals surface area contributed by atoms with E-state index in [4.69, 9.17) is 9.47 Å². The molecule has 1 saturated heterocycles. The summed E-state index contributed by atoms with van der Waals surface area (Å²) < 4.78 is 10.4. The highest BCUT2D eigenvalue weighted by molar-refractivity contribution is 5.99. The first-order valence-corrected chi connectivity index (χ1v) is 10.3. The monoisotopic (exact) mass is 404 g/mol. The molecule has 1 aliphatic heterocycles. The van der Waals surface area contributed by atoms with Crippen LogP contribution in [0.25, 0.3) is 0 Å². The molecule has 3 rings (SSSR count). The number of ether oxygens (including phenoxy) is 2. The van der Waals surface area contributed by atoms with Gasteiger partial charge >= 0.3 is 11.9 Å². The van der Waals surface area contributed by atoms with Crippen molar-refractivity contribution in [3.8, 4) is 0 Å². The molecule has 1 aliphatic carbocycles. The minimum Gasteiger partial charge on any atom is -0.462 e. The SMILES string of the molecule is CCOC(=O)c1c(C)[nH]c(C(=O)OCC(=O)N2C[C@]3(C)C[C@H]2CC(C)(C)C3)c1C. The van der Waals surface area contributed by atoms with Gasteiger partial charge in [-0.3, -0.25) is 4.79 Å². The smallest absolute Gasteiger partial charge is 0.355 e. The van der Waals surface area contributed by atoms with Crippen molar-refractivity contribution in [2.45, 2.75) is 66.8 Å². The molecule has 160 valence electrons. The van der Waals surface area contributed by atoms with Gasteiger partial charge in [0, 0.05) is 18.3 Å². The van der Waals surface area contributed by atoms with Gasteiger partial charge in [0.15, 0.2) is 6.61 Å². The van der Waals surface area contributed by atoms with Gasteiger partial charge in [-0.15, -0.1) is 0 Å². The first-order valence-electron chi connectivity index (χ1n) is 10.3. The zero-order valence-electron chi connectivity index (χ0n) is 18.3. The van der Waals surface area contributed by atoms with Crippen molar-refractivity contribution in [1.82, 2.24) is 9.88 Å². The number of hydrogen-bond acceptors (Lipinski definition) is 5. The summed E-state index contributed by atoms with van der Waals surface area (Å²) in [6.07, 6.45) is 3.08. The lowest BCUT2D eigenvalue weighted by atomic mass is 9.65. The maximum absolute atomic E-state index is 12.8. The predicted octanol–water partition coefficient (Wildman–Crippen LogP) is 3.39. The van der Waals surface area contributed by atoms with Crippen LogP contribution in [-0.4, -0.2) is 53.5 Å². The second-order valence-corrected chi connectivity index (χ2v) is 9.66.